The molecular formula is C22H22ClN3O2. The van der Waals surface area contributed by atoms with E-state index in [-0.39, 0.29) is 5.69 Å². The van der Waals surface area contributed by atoms with Gasteiger partial charge in [-0.05, 0) is 67.3 Å². The summed E-state index contributed by atoms with van der Waals surface area (Å²) in [5.74, 6) is 2.53. The molecule has 0 saturated heterocycles. The highest BCUT2D eigenvalue weighted by molar-refractivity contribution is 6.32. The van der Waals surface area contributed by atoms with Crippen LogP contribution in [0, 0.1) is 5.92 Å². The third-order valence-electron chi connectivity index (χ3n) is 5.60. The second kappa shape index (κ2) is 6.82. The van der Waals surface area contributed by atoms with Crippen LogP contribution in [0.5, 0.6) is 5.75 Å². The molecule has 0 bridgehead atoms. The maximum atomic E-state index is 13.1. The van der Waals surface area contributed by atoms with Crippen LogP contribution in [0.2, 0.25) is 5.02 Å². The van der Waals surface area contributed by atoms with Crippen LogP contribution >= 0.6 is 11.6 Å². The molecule has 0 amide bonds. The lowest BCUT2D eigenvalue weighted by Gasteiger charge is -2.18. The smallest absolute Gasteiger partial charge is 0.354 e. The van der Waals surface area contributed by atoms with Crippen molar-refractivity contribution in [1.82, 2.24) is 9.55 Å². The first-order chi connectivity index (χ1) is 13.7. The summed E-state index contributed by atoms with van der Waals surface area (Å²) in [5, 5.41) is 4.73. The van der Waals surface area contributed by atoms with E-state index in [9.17, 15) is 4.79 Å². The number of fused-ring (bicyclic) bond motifs is 1. The fourth-order valence-electron chi connectivity index (χ4n) is 3.71. The molecule has 0 unspecified atom stereocenters. The number of halogens is 1. The van der Waals surface area contributed by atoms with Crippen LogP contribution in [-0.4, -0.2) is 23.2 Å². The third-order valence-corrected chi connectivity index (χ3v) is 5.92. The molecule has 1 heterocycles. The van der Waals surface area contributed by atoms with Crippen LogP contribution in [0.15, 0.2) is 41.2 Å². The van der Waals surface area contributed by atoms with E-state index < -0.39 is 0 Å². The monoisotopic (exact) mass is 395 g/mol. The number of rotatable bonds is 6. The first kappa shape index (κ1) is 17.6. The zero-order chi connectivity index (χ0) is 19.3. The predicted molar refractivity (Wildman–Crippen MR) is 112 cm³/mol. The molecule has 0 atom stereocenters. The van der Waals surface area contributed by atoms with Gasteiger partial charge in [0.2, 0.25) is 0 Å². The number of hydrogen-bond acceptors (Lipinski definition) is 4. The lowest BCUT2D eigenvalue weighted by Crippen LogP contribution is -2.24. The van der Waals surface area contributed by atoms with Gasteiger partial charge in [-0.25, -0.2) is 4.79 Å². The van der Waals surface area contributed by atoms with Crippen LogP contribution in [0.25, 0.3) is 16.6 Å². The van der Waals surface area contributed by atoms with Gasteiger partial charge in [-0.2, -0.15) is 4.98 Å². The Labute approximate surface area is 168 Å². The summed E-state index contributed by atoms with van der Waals surface area (Å²) in [6, 6.07) is 11.6. The molecule has 1 N–H and O–H groups in total. The molecule has 2 fully saturated rings. The van der Waals surface area contributed by atoms with Crippen LogP contribution in [0.4, 0.5) is 5.82 Å². The number of para-hydroxylation sites is 1. The van der Waals surface area contributed by atoms with Gasteiger partial charge in [0.25, 0.3) is 0 Å². The van der Waals surface area contributed by atoms with E-state index in [0.717, 1.165) is 23.2 Å². The second-order valence-corrected chi connectivity index (χ2v) is 8.15. The first-order valence-corrected chi connectivity index (χ1v) is 10.2. The summed E-state index contributed by atoms with van der Waals surface area (Å²) in [5.41, 5.74) is 2.28. The highest BCUT2D eigenvalue weighted by Gasteiger charge is 2.27. The van der Waals surface area contributed by atoms with E-state index in [1.807, 2.05) is 18.2 Å². The van der Waals surface area contributed by atoms with Crippen LogP contribution in [0.1, 0.15) is 37.2 Å². The molecule has 2 aliphatic carbocycles. The van der Waals surface area contributed by atoms with Crippen molar-refractivity contribution in [2.45, 2.75) is 31.6 Å². The Hall–Kier alpha value is -2.53. The molecule has 1 aromatic heterocycles. The summed E-state index contributed by atoms with van der Waals surface area (Å²) >= 11 is 6.44. The fraction of sp³-hybridized carbons (Fsp3) is 0.364. The second-order valence-electron chi connectivity index (χ2n) is 7.75. The number of aromatic nitrogens is 2. The number of methoxy groups -OCH3 is 1. The number of nitrogens with one attached hydrogen (secondary N) is 1. The SMILES string of the molecule is COc1cc(C2CC2)cc2c1c(NCC1CC1)nc(=O)n2-c1ccccc1Cl. The molecule has 0 aliphatic heterocycles. The van der Waals surface area contributed by atoms with Crippen molar-refractivity contribution < 1.29 is 4.74 Å². The molecule has 0 spiro atoms. The fourth-order valence-corrected chi connectivity index (χ4v) is 3.93. The Morgan fingerprint density at radius 2 is 2.00 bits per heavy atom. The highest BCUT2D eigenvalue weighted by Crippen LogP contribution is 2.44. The molecule has 5 rings (SSSR count). The van der Waals surface area contributed by atoms with E-state index >= 15 is 0 Å². The number of benzene rings is 2. The molecular weight excluding hydrogens is 374 g/mol. The van der Waals surface area contributed by atoms with Crippen LogP contribution in [0.3, 0.4) is 0 Å². The van der Waals surface area contributed by atoms with Gasteiger partial charge in [-0.3, -0.25) is 4.57 Å². The molecule has 2 aliphatic rings. The lowest BCUT2D eigenvalue weighted by molar-refractivity contribution is 0.419. The summed E-state index contributed by atoms with van der Waals surface area (Å²) in [6.45, 7) is 0.825. The van der Waals surface area contributed by atoms with E-state index in [4.69, 9.17) is 16.3 Å². The Bertz CT molecular complexity index is 1120. The zero-order valence-corrected chi connectivity index (χ0v) is 16.5. The quantitative estimate of drug-likeness (QED) is 0.654. The largest absolute Gasteiger partial charge is 0.496 e. The minimum atomic E-state index is -0.339. The van der Waals surface area contributed by atoms with E-state index in [1.165, 1.54) is 31.2 Å². The van der Waals surface area contributed by atoms with Crippen molar-refractivity contribution in [3.63, 3.8) is 0 Å². The van der Waals surface area contributed by atoms with Crippen molar-refractivity contribution in [3.05, 3.63) is 57.5 Å². The van der Waals surface area contributed by atoms with Crippen molar-refractivity contribution in [3.8, 4) is 11.4 Å². The Balaban J connectivity index is 1.80. The highest BCUT2D eigenvalue weighted by atomic mass is 35.5. The summed E-state index contributed by atoms with van der Waals surface area (Å²) < 4.78 is 7.35. The van der Waals surface area contributed by atoms with Crippen molar-refractivity contribution in [1.29, 1.82) is 0 Å². The first-order valence-electron chi connectivity index (χ1n) is 9.79. The van der Waals surface area contributed by atoms with Gasteiger partial charge >= 0.3 is 5.69 Å². The van der Waals surface area contributed by atoms with Gasteiger partial charge in [-0.15, -0.1) is 0 Å². The Morgan fingerprint density at radius 3 is 2.68 bits per heavy atom. The summed E-state index contributed by atoms with van der Waals surface area (Å²) in [7, 11) is 1.67. The van der Waals surface area contributed by atoms with Gasteiger partial charge < -0.3 is 10.1 Å². The van der Waals surface area contributed by atoms with Crippen molar-refractivity contribution in [2.75, 3.05) is 19.0 Å². The average molecular weight is 396 g/mol. The third kappa shape index (κ3) is 3.14. The van der Waals surface area contributed by atoms with E-state index in [0.29, 0.717) is 28.4 Å². The molecule has 5 nitrogen and oxygen atoms in total. The average Bonchev–Trinajstić information content (AvgIpc) is 3.60. The number of anilines is 1. The standard InChI is InChI=1S/C22H22ClN3O2/c1-28-19-11-15(14-8-9-14)10-18-20(19)21(24-12-13-6-7-13)25-22(27)26(18)17-5-3-2-4-16(17)23/h2-5,10-11,13-14H,6-9,12H2,1H3,(H,24,25,27). The predicted octanol–water partition coefficient (Wildman–Crippen LogP) is 4.75. The van der Waals surface area contributed by atoms with Gasteiger partial charge in [0.1, 0.15) is 11.6 Å². The normalized spacial score (nSPS) is 16.4. The van der Waals surface area contributed by atoms with Gasteiger partial charge in [0, 0.05) is 6.54 Å². The van der Waals surface area contributed by atoms with Crippen molar-refractivity contribution >= 4 is 28.3 Å². The van der Waals surface area contributed by atoms with E-state index in [1.54, 1.807) is 17.7 Å². The van der Waals surface area contributed by atoms with Crippen LogP contribution < -0.4 is 15.7 Å². The minimum absolute atomic E-state index is 0.339. The minimum Gasteiger partial charge on any atom is -0.496 e. The zero-order valence-electron chi connectivity index (χ0n) is 15.7. The van der Waals surface area contributed by atoms with Gasteiger partial charge in [0.05, 0.1) is 28.7 Å². The molecule has 28 heavy (non-hydrogen) atoms. The molecule has 6 heteroatoms. The van der Waals surface area contributed by atoms with Gasteiger partial charge in [0.15, 0.2) is 0 Å². The number of ether oxygens (including phenoxy) is 1. The molecule has 2 saturated carbocycles. The number of nitrogens with zero attached hydrogens (tertiary/aromatic N) is 2. The van der Waals surface area contributed by atoms with Gasteiger partial charge in [-0.1, -0.05) is 23.7 Å². The molecule has 2 aromatic carbocycles. The summed E-state index contributed by atoms with van der Waals surface area (Å²) in [4.78, 5) is 17.5. The summed E-state index contributed by atoms with van der Waals surface area (Å²) in [6.07, 6.45) is 4.79. The van der Waals surface area contributed by atoms with Crippen LogP contribution in [-0.2, 0) is 0 Å². The molecule has 3 aromatic rings. The number of hydrogen-bond donors (Lipinski definition) is 1. The van der Waals surface area contributed by atoms with Crippen molar-refractivity contribution in [2.24, 2.45) is 5.92 Å². The maximum absolute atomic E-state index is 13.1. The topological polar surface area (TPSA) is 56.1 Å². The molecule has 0 radical (unpaired) electrons. The lowest BCUT2D eigenvalue weighted by atomic mass is 10.1. The Morgan fingerprint density at radius 1 is 1.21 bits per heavy atom. The maximum Gasteiger partial charge on any atom is 0.354 e. The molecule has 144 valence electrons. The Kier molecular flexibility index (Phi) is 4.27. The van der Waals surface area contributed by atoms with E-state index in [2.05, 4.69) is 22.4 Å².